The molecule has 4 heteroatoms. The maximum absolute atomic E-state index is 11.8. The second-order valence-corrected chi connectivity index (χ2v) is 3.97. The van der Waals surface area contributed by atoms with Gasteiger partial charge in [-0.15, -0.1) is 0 Å². The molecule has 2 N–H and O–H groups in total. The molecule has 0 bridgehead atoms. The fraction of sp³-hybridized carbons (Fsp3) is 0.333. The molecular formula is C12H14N2O2. The zero-order chi connectivity index (χ0) is 11.5. The number of amides is 2. The molecule has 1 aromatic rings. The quantitative estimate of drug-likeness (QED) is 0.802. The molecule has 1 unspecified atom stereocenters. The van der Waals surface area contributed by atoms with Crippen LogP contribution in [0.25, 0.3) is 0 Å². The van der Waals surface area contributed by atoms with E-state index in [0.717, 1.165) is 5.69 Å². The predicted octanol–water partition coefficient (Wildman–Crippen LogP) is 0.915. The molecule has 1 atom stereocenters. The zero-order valence-corrected chi connectivity index (χ0v) is 8.93. The molecule has 0 saturated carbocycles. The van der Waals surface area contributed by atoms with E-state index < -0.39 is 0 Å². The number of para-hydroxylation sites is 1. The van der Waals surface area contributed by atoms with Crippen molar-refractivity contribution in [3.63, 3.8) is 0 Å². The summed E-state index contributed by atoms with van der Waals surface area (Å²) in [6, 6.07) is 9.47. The van der Waals surface area contributed by atoms with Gasteiger partial charge in [-0.2, -0.15) is 0 Å². The molecule has 4 nitrogen and oxygen atoms in total. The number of carbonyl (C=O) groups is 2. The minimum Gasteiger partial charge on any atom is -0.369 e. The highest BCUT2D eigenvalue weighted by atomic mass is 16.2. The molecule has 0 aromatic heterocycles. The molecule has 16 heavy (non-hydrogen) atoms. The van der Waals surface area contributed by atoms with Gasteiger partial charge in [-0.05, 0) is 18.6 Å². The van der Waals surface area contributed by atoms with Crippen molar-refractivity contribution in [2.24, 2.45) is 11.7 Å². The largest absolute Gasteiger partial charge is 0.369 e. The Morgan fingerprint density at radius 2 is 2.00 bits per heavy atom. The maximum Gasteiger partial charge on any atom is 0.227 e. The second-order valence-electron chi connectivity index (χ2n) is 3.97. The van der Waals surface area contributed by atoms with Crippen LogP contribution in [-0.4, -0.2) is 18.4 Å². The lowest BCUT2D eigenvalue weighted by molar-refractivity contribution is -0.128. The Balaban J connectivity index is 2.11. The minimum atomic E-state index is -0.374. The lowest BCUT2D eigenvalue weighted by Crippen LogP contribution is -2.42. The van der Waals surface area contributed by atoms with Gasteiger partial charge in [-0.3, -0.25) is 9.59 Å². The minimum absolute atomic E-state index is 0.0266. The summed E-state index contributed by atoms with van der Waals surface area (Å²) in [7, 11) is 0. The molecule has 0 aliphatic carbocycles. The van der Waals surface area contributed by atoms with E-state index in [2.05, 4.69) is 0 Å². The van der Waals surface area contributed by atoms with E-state index in [9.17, 15) is 9.59 Å². The van der Waals surface area contributed by atoms with Crippen molar-refractivity contribution in [1.82, 2.24) is 0 Å². The number of hydrogen-bond acceptors (Lipinski definition) is 2. The Morgan fingerprint density at radius 3 is 2.56 bits per heavy atom. The van der Waals surface area contributed by atoms with Gasteiger partial charge in [0.2, 0.25) is 11.8 Å². The van der Waals surface area contributed by atoms with Crippen LogP contribution in [0.3, 0.4) is 0 Å². The normalized spacial score (nSPS) is 20.9. The summed E-state index contributed by atoms with van der Waals surface area (Å²) in [6.45, 7) is 0.566. The van der Waals surface area contributed by atoms with Crippen LogP contribution >= 0.6 is 0 Å². The number of benzene rings is 1. The van der Waals surface area contributed by atoms with Crippen LogP contribution in [0.5, 0.6) is 0 Å². The van der Waals surface area contributed by atoms with Crippen LogP contribution in [0.1, 0.15) is 12.8 Å². The van der Waals surface area contributed by atoms with Crippen molar-refractivity contribution in [3.8, 4) is 0 Å². The lowest BCUT2D eigenvalue weighted by atomic mass is 9.95. The summed E-state index contributed by atoms with van der Waals surface area (Å²) in [5.74, 6) is -0.699. The standard InChI is InChI=1S/C12H14N2O2/c13-12(16)9-6-7-14(11(15)8-9)10-4-2-1-3-5-10/h1-5,9H,6-8H2,(H2,13,16). The average Bonchev–Trinajstić information content (AvgIpc) is 2.30. The average molecular weight is 218 g/mol. The molecule has 84 valence electrons. The molecule has 1 aromatic carbocycles. The summed E-state index contributed by atoms with van der Waals surface area (Å²) in [6.07, 6.45) is 0.875. The van der Waals surface area contributed by atoms with Crippen LogP contribution in [0.4, 0.5) is 5.69 Å². The maximum atomic E-state index is 11.8. The van der Waals surface area contributed by atoms with Gasteiger partial charge in [0.15, 0.2) is 0 Å². The molecule has 1 aliphatic heterocycles. The Kier molecular flexibility index (Phi) is 2.90. The van der Waals surface area contributed by atoms with Crippen LogP contribution in [0.15, 0.2) is 30.3 Å². The summed E-state index contributed by atoms with van der Waals surface area (Å²) < 4.78 is 0. The van der Waals surface area contributed by atoms with Crippen molar-refractivity contribution in [1.29, 1.82) is 0 Å². The Hall–Kier alpha value is -1.84. The Bertz CT molecular complexity index is 403. The first-order valence-corrected chi connectivity index (χ1v) is 5.33. The SMILES string of the molecule is NC(=O)C1CCN(c2ccccc2)C(=O)C1. The number of piperidine rings is 1. The van der Waals surface area contributed by atoms with E-state index in [4.69, 9.17) is 5.73 Å². The fourth-order valence-corrected chi connectivity index (χ4v) is 1.96. The van der Waals surface area contributed by atoms with Gasteiger partial charge < -0.3 is 10.6 Å². The van der Waals surface area contributed by atoms with Gasteiger partial charge in [0.1, 0.15) is 0 Å². The topological polar surface area (TPSA) is 63.4 Å². The number of rotatable bonds is 2. The van der Waals surface area contributed by atoms with Crippen molar-refractivity contribution >= 4 is 17.5 Å². The van der Waals surface area contributed by atoms with Gasteiger partial charge >= 0.3 is 0 Å². The molecule has 1 fully saturated rings. The molecule has 1 aliphatic rings. The number of nitrogens with zero attached hydrogens (tertiary/aromatic N) is 1. The van der Waals surface area contributed by atoms with Crippen LogP contribution in [0.2, 0.25) is 0 Å². The summed E-state index contributed by atoms with van der Waals surface area (Å²) in [5, 5.41) is 0. The molecule has 1 heterocycles. The van der Waals surface area contributed by atoms with E-state index in [0.29, 0.717) is 13.0 Å². The number of primary amides is 1. The van der Waals surface area contributed by atoms with Crippen LogP contribution in [-0.2, 0) is 9.59 Å². The highest BCUT2D eigenvalue weighted by Gasteiger charge is 2.29. The lowest BCUT2D eigenvalue weighted by Gasteiger charge is -2.30. The van der Waals surface area contributed by atoms with E-state index in [1.165, 1.54) is 0 Å². The number of carbonyl (C=O) groups excluding carboxylic acids is 2. The van der Waals surface area contributed by atoms with Crippen molar-refractivity contribution in [3.05, 3.63) is 30.3 Å². The summed E-state index contributed by atoms with van der Waals surface area (Å²) in [5.41, 5.74) is 6.09. The highest BCUT2D eigenvalue weighted by molar-refractivity contribution is 5.97. The summed E-state index contributed by atoms with van der Waals surface area (Å²) in [4.78, 5) is 24.5. The number of nitrogens with two attached hydrogens (primary N) is 1. The van der Waals surface area contributed by atoms with E-state index >= 15 is 0 Å². The van der Waals surface area contributed by atoms with Gasteiger partial charge in [0, 0.05) is 24.6 Å². The third-order valence-corrected chi connectivity index (χ3v) is 2.89. The summed E-state index contributed by atoms with van der Waals surface area (Å²) >= 11 is 0. The highest BCUT2D eigenvalue weighted by Crippen LogP contribution is 2.23. The van der Waals surface area contributed by atoms with Crippen LogP contribution in [0, 0.1) is 5.92 Å². The van der Waals surface area contributed by atoms with Crippen molar-refractivity contribution in [2.75, 3.05) is 11.4 Å². The van der Waals surface area contributed by atoms with Crippen molar-refractivity contribution < 1.29 is 9.59 Å². The van der Waals surface area contributed by atoms with Crippen molar-refractivity contribution in [2.45, 2.75) is 12.8 Å². The molecule has 1 saturated heterocycles. The zero-order valence-electron chi connectivity index (χ0n) is 8.93. The first-order chi connectivity index (χ1) is 7.68. The van der Waals surface area contributed by atoms with E-state index in [-0.39, 0.29) is 24.2 Å². The monoisotopic (exact) mass is 218 g/mol. The molecule has 2 rings (SSSR count). The van der Waals surface area contributed by atoms with Gasteiger partial charge in [0.05, 0.1) is 0 Å². The van der Waals surface area contributed by atoms with E-state index in [1.807, 2.05) is 30.3 Å². The van der Waals surface area contributed by atoms with Gasteiger partial charge in [0.25, 0.3) is 0 Å². The number of anilines is 1. The third kappa shape index (κ3) is 2.05. The molecule has 0 spiro atoms. The van der Waals surface area contributed by atoms with Gasteiger partial charge in [-0.1, -0.05) is 18.2 Å². The van der Waals surface area contributed by atoms with Crippen LogP contribution < -0.4 is 10.6 Å². The first-order valence-electron chi connectivity index (χ1n) is 5.33. The fourth-order valence-electron chi connectivity index (χ4n) is 1.96. The smallest absolute Gasteiger partial charge is 0.227 e. The Labute approximate surface area is 94.0 Å². The molecule has 2 amide bonds. The number of hydrogen-bond donors (Lipinski definition) is 1. The first kappa shape index (κ1) is 10.7. The van der Waals surface area contributed by atoms with Gasteiger partial charge in [-0.25, -0.2) is 0 Å². The molecular weight excluding hydrogens is 204 g/mol. The predicted molar refractivity (Wildman–Crippen MR) is 60.7 cm³/mol. The second kappa shape index (κ2) is 4.35. The third-order valence-electron chi connectivity index (χ3n) is 2.89. The molecule has 0 radical (unpaired) electrons. The van der Waals surface area contributed by atoms with E-state index in [1.54, 1.807) is 4.90 Å². The Morgan fingerprint density at radius 1 is 1.31 bits per heavy atom.